The van der Waals surface area contributed by atoms with Crippen molar-refractivity contribution in [1.29, 1.82) is 0 Å². The van der Waals surface area contributed by atoms with Crippen LogP contribution in [0.2, 0.25) is 0 Å². The van der Waals surface area contributed by atoms with Crippen molar-refractivity contribution < 1.29 is 4.79 Å². The maximum atomic E-state index is 12.4. The van der Waals surface area contributed by atoms with Gasteiger partial charge in [-0.1, -0.05) is 37.3 Å². The third-order valence-electron chi connectivity index (χ3n) is 3.76. The molecule has 0 bridgehead atoms. The number of urea groups is 1. The molecule has 1 aromatic rings. The number of benzene rings is 1. The predicted molar refractivity (Wildman–Crippen MR) is 81.6 cm³/mol. The van der Waals surface area contributed by atoms with Crippen molar-refractivity contribution in [3.8, 4) is 0 Å². The molecule has 0 atom stereocenters. The monoisotopic (exact) mass is 275 g/mol. The minimum Gasteiger partial charge on any atom is -0.334 e. The summed E-state index contributed by atoms with van der Waals surface area (Å²) in [5.74, 6) is 0. The molecular weight excluding hydrogens is 250 g/mol. The second kappa shape index (κ2) is 7.90. The fourth-order valence-electron chi connectivity index (χ4n) is 2.68. The maximum absolute atomic E-state index is 12.4. The van der Waals surface area contributed by atoms with Gasteiger partial charge in [-0.3, -0.25) is 0 Å². The first-order chi connectivity index (χ1) is 9.81. The number of carbonyl (C=O) groups is 1. The average Bonchev–Trinajstić information content (AvgIpc) is 2.52. The highest BCUT2D eigenvalue weighted by atomic mass is 16.2. The summed E-state index contributed by atoms with van der Waals surface area (Å²) in [4.78, 5) is 14.4. The smallest absolute Gasteiger partial charge is 0.317 e. The highest BCUT2D eigenvalue weighted by molar-refractivity contribution is 5.74. The zero-order valence-corrected chi connectivity index (χ0v) is 12.3. The number of piperidine rings is 1. The van der Waals surface area contributed by atoms with Crippen LogP contribution in [-0.2, 0) is 6.54 Å². The van der Waals surface area contributed by atoms with E-state index in [0.717, 1.165) is 44.5 Å². The molecule has 0 aromatic heterocycles. The van der Waals surface area contributed by atoms with Crippen LogP contribution >= 0.6 is 0 Å². The van der Waals surface area contributed by atoms with Crippen LogP contribution < -0.4 is 10.6 Å². The first-order valence-corrected chi connectivity index (χ1v) is 7.60. The third-order valence-corrected chi connectivity index (χ3v) is 3.76. The summed E-state index contributed by atoms with van der Waals surface area (Å²) in [6.45, 7) is 5.59. The van der Waals surface area contributed by atoms with Gasteiger partial charge in [0.1, 0.15) is 0 Å². The Labute approximate surface area is 121 Å². The average molecular weight is 275 g/mol. The van der Waals surface area contributed by atoms with E-state index in [0.29, 0.717) is 12.6 Å². The molecule has 4 nitrogen and oxygen atoms in total. The number of nitrogens with one attached hydrogen (secondary N) is 2. The van der Waals surface area contributed by atoms with Gasteiger partial charge in [0, 0.05) is 19.1 Å². The number of rotatable bonds is 5. The molecule has 2 rings (SSSR count). The van der Waals surface area contributed by atoms with Gasteiger partial charge in [-0.05, 0) is 37.9 Å². The SMILES string of the molecule is CCCN(C(=O)NCc1ccccc1)C1CCNCC1. The molecule has 0 radical (unpaired) electrons. The normalized spacial score (nSPS) is 15.8. The molecule has 0 aliphatic carbocycles. The molecule has 1 aliphatic rings. The number of hydrogen-bond donors (Lipinski definition) is 2. The lowest BCUT2D eigenvalue weighted by atomic mass is 10.0. The molecular formula is C16H25N3O. The highest BCUT2D eigenvalue weighted by Crippen LogP contribution is 2.13. The van der Waals surface area contributed by atoms with Crippen molar-refractivity contribution in [2.45, 2.75) is 38.8 Å². The summed E-state index contributed by atoms with van der Waals surface area (Å²) in [5.41, 5.74) is 1.14. The van der Waals surface area contributed by atoms with E-state index in [9.17, 15) is 4.79 Å². The lowest BCUT2D eigenvalue weighted by Gasteiger charge is -2.34. The molecule has 0 unspecified atom stereocenters. The van der Waals surface area contributed by atoms with Crippen molar-refractivity contribution in [3.63, 3.8) is 0 Å². The topological polar surface area (TPSA) is 44.4 Å². The van der Waals surface area contributed by atoms with E-state index in [2.05, 4.69) is 17.6 Å². The van der Waals surface area contributed by atoms with Crippen molar-refractivity contribution in [2.75, 3.05) is 19.6 Å². The zero-order valence-electron chi connectivity index (χ0n) is 12.3. The Kier molecular flexibility index (Phi) is 5.87. The van der Waals surface area contributed by atoms with Gasteiger partial charge in [-0.2, -0.15) is 0 Å². The molecule has 0 saturated carbocycles. The van der Waals surface area contributed by atoms with Gasteiger partial charge in [0.15, 0.2) is 0 Å². The van der Waals surface area contributed by atoms with E-state index >= 15 is 0 Å². The number of nitrogens with zero attached hydrogens (tertiary/aromatic N) is 1. The maximum Gasteiger partial charge on any atom is 0.317 e. The van der Waals surface area contributed by atoms with E-state index in [-0.39, 0.29) is 6.03 Å². The Bertz CT molecular complexity index is 401. The Morgan fingerprint density at radius 3 is 2.65 bits per heavy atom. The van der Waals surface area contributed by atoms with Crippen molar-refractivity contribution in [1.82, 2.24) is 15.5 Å². The van der Waals surface area contributed by atoms with Crippen LogP contribution in [0.4, 0.5) is 4.79 Å². The Morgan fingerprint density at radius 2 is 2.00 bits per heavy atom. The van der Waals surface area contributed by atoms with Gasteiger partial charge in [-0.25, -0.2) is 4.79 Å². The Hall–Kier alpha value is -1.55. The van der Waals surface area contributed by atoms with Gasteiger partial charge in [0.2, 0.25) is 0 Å². The molecule has 1 aliphatic heterocycles. The second-order valence-corrected chi connectivity index (χ2v) is 5.32. The van der Waals surface area contributed by atoms with Crippen LogP contribution in [0.1, 0.15) is 31.7 Å². The molecule has 0 spiro atoms. The quantitative estimate of drug-likeness (QED) is 0.866. The second-order valence-electron chi connectivity index (χ2n) is 5.32. The first kappa shape index (κ1) is 14.9. The number of carbonyl (C=O) groups excluding carboxylic acids is 1. The summed E-state index contributed by atoms with van der Waals surface area (Å²) in [7, 11) is 0. The van der Waals surface area contributed by atoms with E-state index in [1.165, 1.54) is 0 Å². The van der Waals surface area contributed by atoms with Crippen molar-refractivity contribution in [3.05, 3.63) is 35.9 Å². The zero-order chi connectivity index (χ0) is 14.2. The van der Waals surface area contributed by atoms with Gasteiger partial charge in [-0.15, -0.1) is 0 Å². The minimum absolute atomic E-state index is 0.0719. The summed E-state index contributed by atoms with van der Waals surface area (Å²) < 4.78 is 0. The fraction of sp³-hybridized carbons (Fsp3) is 0.562. The molecule has 110 valence electrons. The van der Waals surface area contributed by atoms with Crippen LogP contribution in [0.25, 0.3) is 0 Å². The lowest BCUT2D eigenvalue weighted by Crippen LogP contribution is -2.50. The van der Waals surface area contributed by atoms with Crippen LogP contribution in [0, 0.1) is 0 Å². The standard InChI is InChI=1S/C16H25N3O/c1-2-12-19(15-8-10-17-11-9-15)16(20)18-13-14-6-4-3-5-7-14/h3-7,15,17H,2,8-13H2,1H3,(H,18,20). The van der Waals surface area contributed by atoms with E-state index in [4.69, 9.17) is 0 Å². The van der Waals surface area contributed by atoms with Crippen LogP contribution in [-0.4, -0.2) is 36.6 Å². The van der Waals surface area contributed by atoms with Gasteiger partial charge in [0.25, 0.3) is 0 Å². The number of amides is 2. The molecule has 2 amide bonds. The molecule has 20 heavy (non-hydrogen) atoms. The van der Waals surface area contributed by atoms with Crippen LogP contribution in [0.15, 0.2) is 30.3 Å². The summed E-state index contributed by atoms with van der Waals surface area (Å²) in [5, 5.41) is 6.40. The van der Waals surface area contributed by atoms with Gasteiger partial charge < -0.3 is 15.5 Å². The predicted octanol–water partition coefficient (Wildman–Crippen LogP) is 2.36. The molecule has 4 heteroatoms. The van der Waals surface area contributed by atoms with Crippen molar-refractivity contribution >= 4 is 6.03 Å². The van der Waals surface area contributed by atoms with Crippen LogP contribution in [0.5, 0.6) is 0 Å². The molecule has 1 fully saturated rings. The third kappa shape index (κ3) is 4.23. The van der Waals surface area contributed by atoms with E-state index in [1.54, 1.807) is 0 Å². The van der Waals surface area contributed by atoms with Gasteiger partial charge in [0.05, 0.1) is 0 Å². The van der Waals surface area contributed by atoms with Crippen LogP contribution in [0.3, 0.4) is 0 Å². The minimum atomic E-state index is 0.0719. The largest absolute Gasteiger partial charge is 0.334 e. The van der Waals surface area contributed by atoms with E-state index in [1.807, 2.05) is 35.2 Å². The fourth-order valence-corrected chi connectivity index (χ4v) is 2.68. The first-order valence-electron chi connectivity index (χ1n) is 7.60. The Morgan fingerprint density at radius 1 is 1.30 bits per heavy atom. The summed E-state index contributed by atoms with van der Waals surface area (Å²) in [6.07, 6.45) is 3.11. The Balaban J connectivity index is 1.89. The summed E-state index contributed by atoms with van der Waals surface area (Å²) >= 11 is 0. The lowest BCUT2D eigenvalue weighted by molar-refractivity contribution is 0.158. The number of hydrogen-bond acceptors (Lipinski definition) is 2. The molecule has 1 heterocycles. The molecule has 2 N–H and O–H groups in total. The highest BCUT2D eigenvalue weighted by Gasteiger charge is 2.24. The van der Waals surface area contributed by atoms with Gasteiger partial charge >= 0.3 is 6.03 Å². The summed E-state index contributed by atoms with van der Waals surface area (Å²) in [6, 6.07) is 10.5. The molecule has 1 saturated heterocycles. The van der Waals surface area contributed by atoms with Crippen molar-refractivity contribution in [2.24, 2.45) is 0 Å². The molecule has 1 aromatic carbocycles. The van der Waals surface area contributed by atoms with E-state index < -0.39 is 0 Å².